The first-order chi connectivity index (χ1) is 18.2. The van der Waals surface area contributed by atoms with E-state index >= 15 is 0 Å². The highest BCUT2D eigenvalue weighted by Crippen LogP contribution is 2.35. The number of benzene rings is 3. The van der Waals surface area contributed by atoms with Crippen LogP contribution in [-0.4, -0.2) is 35.1 Å². The molecule has 0 aliphatic carbocycles. The third kappa shape index (κ3) is 6.83. The monoisotopic (exact) mass is 530 g/mol. The van der Waals surface area contributed by atoms with Crippen molar-refractivity contribution in [2.45, 2.75) is 34.3 Å². The fourth-order valence-electron chi connectivity index (χ4n) is 4.14. The molecule has 0 spiro atoms. The number of ether oxygens (including phenoxy) is 2. The van der Waals surface area contributed by atoms with Crippen LogP contribution < -0.4 is 14.8 Å². The highest BCUT2D eigenvalue weighted by Gasteiger charge is 2.36. The molecule has 196 valence electrons. The van der Waals surface area contributed by atoms with Crippen molar-refractivity contribution in [1.82, 2.24) is 4.90 Å². The van der Waals surface area contributed by atoms with Crippen LogP contribution in [0.5, 0.6) is 11.5 Å². The number of hydrogen-bond acceptors (Lipinski definition) is 6. The highest BCUT2D eigenvalue weighted by atomic mass is 32.2. The molecular weight excluding hydrogens is 500 g/mol. The normalized spacial score (nSPS) is 14.2. The van der Waals surface area contributed by atoms with Gasteiger partial charge in [-0.05, 0) is 92.1 Å². The fraction of sp³-hybridized carbons (Fsp3) is 0.233. The second-order valence-electron chi connectivity index (χ2n) is 9.11. The molecule has 0 aromatic heterocycles. The molecule has 1 fully saturated rings. The summed E-state index contributed by atoms with van der Waals surface area (Å²) in [6.07, 6.45) is 1.62. The third-order valence-corrected chi connectivity index (χ3v) is 6.63. The predicted molar refractivity (Wildman–Crippen MR) is 150 cm³/mol. The summed E-state index contributed by atoms with van der Waals surface area (Å²) in [5.74, 6) is 0.184. The summed E-state index contributed by atoms with van der Waals surface area (Å²) in [7, 11) is 0. The molecule has 1 aliphatic rings. The molecule has 3 aromatic rings. The Bertz CT molecular complexity index is 1400. The predicted octanol–water partition coefficient (Wildman–Crippen LogP) is 6.26. The van der Waals surface area contributed by atoms with E-state index in [0.29, 0.717) is 36.0 Å². The lowest BCUT2D eigenvalue weighted by Crippen LogP contribution is -2.36. The SMILES string of the molecule is CCOc1cc(/C=C2\SC(=O)N(CC(=O)Nc3cc(C)cc(C)c3)C2=O)ccc1OCc1cccc(C)c1. The van der Waals surface area contributed by atoms with Gasteiger partial charge in [0, 0.05) is 5.69 Å². The summed E-state index contributed by atoms with van der Waals surface area (Å²) in [4.78, 5) is 39.3. The average Bonchev–Trinajstić information content (AvgIpc) is 3.10. The van der Waals surface area contributed by atoms with Crippen LogP contribution in [-0.2, 0) is 16.2 Å². The minimum atomic E-state index is -0.506. The van der Waals surface area contributed by atoms with Gasteiger partial charge in [0.1, 0.15) is 13.2 Å². The van der Waals surface area contributed by atoms with Gasteiger partial charge in [-0.25, -0.2) is 0 Å². The van der Waals surface area contributed by atoms with Crippen molar-refractivity contribution in [2.24, 2.45) is 0 Å². The summed E-state index contributed by atoms with van der Waals surface area (Å²) in [5, 5.41) is 2.28. The van der Waals surface area contributed by atoms with Crippen molar-refractivity contribution in [3.05, 3.63) is 93.4 Å². The maximum atomic E-state index is 13.0. The second kappa shape index (κ2) is 12.0. The molecule has 3 aromatic carbocycles. The van der Waals surface area contributed by atoms with E-state index in [2.05, 4.69) is 11.4 Å². The van der Waals surface area contributed by atoms with Gasteiger partial charge in [-0.3, -0.25) is 19.3 Å². The van der Waals surface area contributed by atoms with Gasteiger partial charge in [-0.2, -0.15) is 0 Å². The van der Waals surface area contributed by atoms with Crippen molar-refractivity contribution in [2.75, 3.05) is 18.5 Å². The molecule has 1 N–H and O–H groups in total. The van der Waals surface area contributed by atoms with Crippen molar-refractivity contribution in [3.63, 3.8) is 0 Å². The van der Waals surface area contributed by atoms with Gasteiger partial charge in [-0.1, -0.05) is 42.0 Å². The number of nitrogens with zero attached hydrogens (tertiary/aromatic N) is 1. The van der Waals surface area contributed by atoms with E-state index in [1.165, 1.54) is 0 Å². The quantitative estimate of drug-likeness (QED) is 0.329. The lowest BCUT2D eigenvalue weighted by molar-refractivity contribution is -0.127. The highest BCUT2D eigenvalue weighted by molar-refractivity contribution is 8.18. The van der Waals surface area contributed by atoms with Crippen LogP contribution in [0.4, 0.5) is 10.5 Å². The Kier molecular flexibility index (Phi) is 8.53. The number of carbonyl (C=O) groups is 3. The number of thioether (sulfide) groups is 1. The molecular formula is C30H30N2O5S. The summed E-state index contributed by atoms with van der Waals surface area (Å²) in [6.45, 7) is 8.26. The molecule has 0 bridgehead atoms. The van der Waals surface area contributed by atoms with Gasteiger partial charge in [0.05, 0.1) is 11.5 Å². The molecule has 8 heteroatoms. The first kappa shape index (κ1) is 27.0. The number of amides is 3. The Balaban J connectivity index is 1.45. The molecule has 0 atom stereocenters. The molecule has 0 saturated carbocycles. The number of aryl methyl sites for hydroxylation is 3. The van der Waals surface area contributed by atoms with E-state index < -0.39 is 17.1 Å². The van der Waals surface area contributed by atoms with Crippen molar-refractivity contribution in [1.29, 1.82) is 0 Å². The molecule has 1 saturated heterocycles. The Labute approximate surface area is 226 Å². The van der Waals surface area contributed by atoms with E-state index in [4.69, 9.17) is 9.47 Å². The number of anilines is 1. The topological polar surface area (TPSA) is 84.9 Å². The molecule has 3 amide bonds. The molecule has 0 unspecified atom stereocenters. The number of rotatable bonds is 9. The van der Waals surface area contributed by atoms with Gasteiger partial charge in [0.15, 0.2) is 11.5 Å². The van der Waals surface area contributed by atoms with Crippen LogP contribution in [0, 0.1) is 20.8 Å². The van der Waals surface area contributed by atoms with E-state index in [9.17, 15) is 14.4 Å². The smallest absolute Gasteiger partial charge is 0.294 e. The maximum Gasteiger partial charge on any atom is 0.294 e. The zero-order valence-corrected chi connectivity index (χ0v) is 22.7. The Morgan fingerprint density at radius 1 is 0.921 bits per heavy atom. The van der Waals surface area contributed by atoms with E-state index in [1.807, 2.05) is 64.1 Å². The molecule has 1 aliphatic heterocycles. The van der Waals surface area contributed by atoms with Crippen LogP contribution in [0.3, 0.4) is 0 Å². The lowest BCUT2D eigenvalue weighted by atomic mass is 10.1. The van der Waals surface area contributed by atoms with E-state index in [-0.39, 0.29) is 11.4 Å². The van der Waals surface area contributed by atoms with Crippen molar-refractivity contribution < 1.29 is 23.9 Å². The number of imide groups is 1. The Morgan fingerprint density at radius 3 is 2.39 bits per heavy atom. The summed E-state index contributed by atoms with van der Waals surface area (Å²) in [5.41, 5.74) is 5.53. The van der Waals surface area contributed by atoms with E-state index in [1.54, 1.807) is 24.3 Å². The summed E-state index contributed by atoms with van der Waals surface area (Å²) < 4.78 is 11.8. The average molecular weight is 531 g/mol. The molecule has 1 heterocycles. The fourth-order valence-corrected chi connectivity index (χ4v) is 4.98. The minimum Gasteiger partial charge on any atom is -0.490 e. The first-order valence-corrected chi connectivity index (χ1v) is 13.1. The van der Waals surface area contributed by atoms with Gasteiger partial charge in [0.2, 0.25) is 5.91 Å². The molecule has 4 rings (SSSR count). The van der Waals surface area contributed by atoms with Crippen LogP contribution >= 0.6 is 11.8 Å². The largest absolute Gasteiger partial charge is 0.490 e. The van der Waals surface area contributed by atoms with Gasteiger partial charge >= 0.3 is 0 Å². The maximum absolute atomic E-state index is 13.0. The minimum absolute atomic E-state index is 0.241. The van der Waals surface area contributed by atoms with Crippen molar-refractivity contribution in [3.8, 4) is 11.5 Å². The van der Waals surface area contributed by atoms with Crippen LogP contribution in [0.2, 0.25) is 0 Å². The zero-order chi connectivity index (χ0) is 27.2. The standard InChI is InChI=1S/C30H30N2O5S/c1-5-36-26-15-22(9-10-25(26)37-18-23-8-6-7-19(2)12-23)16-27-29(34)32(30(35)38-27)17-28(33)31-24-13-20(3)11-21(4)14-24/h6-16H,5,17-18H2,1-4H3,(H,31,33)/b27-16-. The first-order valence-electron chi connectivity index (χ1n) is 12.3. The van der Waals surface area contributed by atoms with Crippen LogP contribution in [0.15, 0.2) is 65.6 Å². The molecule has 0 radical (unpaired) electrons. The Hall–Kier alpha value is -4.04. The van der Waals surface area contributed by atoms with Crippen LogP contribution in [0.1, 0.15) is 34.7 Å². The summed E-state index contributed by atoms with van der Waals surface area (Å²) in [6, 6.07) is 19.1. The lowest BCUT2D eigenvalue weighted by Gasteiger charge is -2.13. The number of nitrogens with one attached hydrogen (secondary N) is 1. The van der Waals surface area contributed by atoms with Gasteiger partial charge in [-0.15, -0.1) is 0 Å². The number of hydrogen-bond donors (Lipinski definition) is 1. The number of carbonyl (C=O) groups excluding carboxylic acids is 3. The van der Waals surface area contributed by atoms with Gasteiger partial charge < -0.3 is 14.8 Å². The van der Waals surface area contributed by atoms with Crippen LogP contribution in [0.25, 0.3) is 6.08 Å². The summed E-state index contributed by atoms with van der Waals surface area (Å²) >= 11 is 0.809. The van der Waals surface area contributed by atoms with E-state index in [0.717, 1.165) is 38.9 Å². The Morgan fingerprint density at radius 2 is 1.68 bits per heavy atom. The molecule has 38 heavy (non-hydrogen) atoms. The molecule has 7 nitrogen and oxygen atoms in total. The zero-order valence-electron chi connectivity index (χ0n) is 21.9. The third-order valence-electron chi connectivity index (χ3n) is 5.72. The van der Waals surface area contributed by atoms with Crippen molar-refractivity contribution >= 4 is 40.6 Å². The van der Waals surface area contributed by atoms with Gasteiger partial charge in [0.25, 0.3) is 11.1 Å². The second-order valence-corrected chi connectivity index (χ2v) is 10.1.